The summed E-state index contributed by atoms with van der Waals surface area (Å²) in [6.45, 7) is 0.675. The quantitative estimate of drug-likeness (QED) is 0.756. The number of hydrogen-bond donors (Lipinski definition) is 1. The maximum atomic E-state index is 12.3. The largest absolute Gasteiger partial charge is 0.354 e. The van der Waals surface area contributed by atoms with Gasteiger partial charge in [0.05, 0.1) is 0 Å². The monoisotopic (exact) mass is 411 g/mol. The molecule has 2 aromatic rings. The highest BCUT2D eigenvalue weighted by molar-refractivity contribution is 9.10. The fourth-order valence-electron chi connectivity index (χ4n) is 3.45. The van der Waals surface area contributed by atoms with Crippen molar-refractivity contribution >= 4 is 33.0 Å². The molecule has 0 aliphatic heterocycles. The molecule has 1 aliphatic carbocycles. The fraction of sp³-hybridized carbons (Fsp3) is 0.625. The van der Waals surface area contributed by atoms with Crippen LogP contribution in [0.25, 0.3) is 11.2 Å². The number of aromatic nitrogens is 4. The molecular formula is C16H22BrN5O3. The van der Waals surface area contributed by atoms with Crippen molar-refractivity contribution < 1.29 is 4.79 Å². The Hall–Kier alpha value is -1.90. The van der Waals surface area contributed by atoms with Gasteiger partial charge in [-0.25, -0.2) is 9.78 Å². The molecule has 0 saturated heterocycles. The molecule has 0 spiro atoms. The van der Waals surface area contributed by atoms with E-state index in [-0.39, 0.29) is 18.0 Å². The molecule has 136 valence electrons. The molecule has 8 nitrogen and oxygen atoms in total. The summed E-state index contributed by atoms with van der Waals surface area (Å²) in [7, 11) is 2.97. The lowest BCUT2D eigenvalue weighted by Gasteiger charge is -2.21. The van der Waals surface area contributed by atoms with Crippen molar-refractivity contribution in [3.05, 3.63) is 25.6 Å². The number of aryl methyl sites for hydroxylation is 1. The molecule has 1 saturated carbocycles. The topological polar surface area (TPSA) is 90.9 Å². The van der Waals surface area contributed by atoms with E-state index in [1.165, 1.54) is 30.9 Å². The van der Waals surface area contributed by atoms with Crippen molar-refractivity contribution in [2.45, 2.75) is 38.6 Å². The Kier molecular flexibility index (Phi) is 5.12. The summed E-state index contributed by atoms with van der Waals surface area (Å²) in [4.78, 5) is 40.9. The maximum absolute atomic E-state index is 12.3. The highest BCUT2D eigenvalue weighted by atomic mass is 79.9. The van der Waals surface area contributed by atoms with E-state index in [0.717, 1.165) is 17.4 Å². The SMILES string of the molecule is Cn1c(=O)c2nc(Br)n(CC(=O)NCC3CCCCC3)c2n(C)c1=O. The number of halogens is 1. The smallest absolute Gasteiger partial charge is 0.332 e. The third-order valence-corrected chi connectivity index (χ3v) is 5.51. The lowest BCUT2D eigenvalue weighted by molar-refractivity contribution is -0.121. The lowest BCUT2D eigenvalue weighted by atomic mass is 9.89. The first-order valence-electron chi connectivity index (χ1n) is 8.48. The van der Waals surface area contributed by atoms with Crippen LogP contribution < -0.4 is 16.6 Å². The van der Waals surface area contributed by atoms with Crippen molar-refractivity contribution in [2.24, 2.45) is 20.0 Å². The Morgan fingerprint density at radius 3 is 2.56 bits per heavy atom. The molecule has 3 rings (SSSR count). The molecule has 0 atom stereocenters. The van der Waals surface area contributed by atoms with Gasteiger partial charge < -0.3 is 5.32 Å². The molecule has 1 amide bonds. The molecule has 1 fully saturated rings. The van der Waals surface area contributed by atoms with E-state index in [2.05, 4.69) is 26.2 Å². The first-order chi connectivity index (χ1) is 11.9. The second kappa shape index (κ2) is 7.15. The molecule has 1 aliphatic rings. The molecule has 0 bridgehead atoms. The van der Waals surface area contributed by atoms with E-state index >= 15 is 0 Å². The van der Waals surface area contributed by atoms with Crippen LogP contribution in [0.15, 0.2) is 14.3 Å². The average molecular weight is 412 g/mol. The maximum Gasteiger partial charge on any atom is 0.332 e. The number of amides is 1. The predicted octanol–water partition coefficient (Wildman–Crippen LogP) is 0.893. The molecule has 2 aromatic heterocycles. The van der Waals surface area contributed by atoms with Crippen molar-refractivity contribution in [2.75, 3.05) is 6.54 Å². The number of carbonyl (C=O) groups excluding carboxylic acids is 1. The first-order valence-corrected chi connectivity index (χ1v) is 9.28. The van der Waals surface area contributed by atoms with Crippen LogP contribution in [0, 0.1) is 5.92 Å². The van der Waals surface area contributed by atoms with Gasteiger partial charge in [0.15, 0.2) is 15.9 Å². The standard InChI is InChI=1S/C16H22BrN5O3/c1-20-13-12(14(24)21(2)16(20)25)19-15(17)22(13)9-11(23)18-8-10-6-4-3-5-7-10/h10H,3-9H2,1-2H3,(H,18,23). The molecule has 2 heterocycles. The summed E-state index contributed by atoms with van der Waals surface area (Å²) in [5.74, 6) is 0.385. The van der Waals surface area contributed by atoms with Gasteiger partial charge in [0.2, 0.25) is 5.91 Å². The second-order valence-corrected chi connectivity index (χ2v) is 7.36. The van der Waals surface area contributed by atoms with Crippen LogP contribution in [0.1, 0.15) is 32.1 Å². The summed E-state index contributed by atoms with van der Waals surface area (Å²) in [6, 6.07) is 0. The summed E-state index contributed by atoms with van der Waals surface area (Å²) >= 11 is 3.29. The summed E-state index contributed by atoms with van der Waals surface area (Å²) in [5, 5.41) is 2.96. The minimum Gasteiger partial charge on any atom is -0.354 e. The average Bonchev–Trinajstić information content (AvgIpc) is 2.94. The van der Waals surface area contributed by atoms with Gasteiger partial charge in [-0.15, -0.1) is 0 Å². The zero-order valence-electron chi connectivity index (χ0n) is 14.4. The minimum atomic E-state index is -0.472. The Morgan fingerprint density at radius 1 is 1.20 bits per heavy atom. The van der Waals surface area contributed by atoms with Crippen molar-refractivity contribution in [1.29, 1.82) is 0 Å². The van der Waals surface area contributed by atoms with Crippen LogP contribution >= 0.6 is 15.9 Å². The number of rotatable bonds is 4. The Balaban J connectivity index is 1.83. The highest BCUT2D eigenvalue weighted by Crippen LogP contribution is 2.22. The van der Waals surface area contributed by atoms with E-state index in [0.29, 0.717) is 22.8 Å². The minimum absolute atomic E-state index is 0.00422. The predicted molar refractivity (Wildman–Crippen MR) is 97.5 cm³/mol. The van der Waals surface area contributed by atoms with Crippen LogP contribution in [0.2, 0.25) is 0 Å². The van der Waals surface area contributed by atoms with Crippen LogP contribution in [-0.4, -0.2) is 31.1 Å². The van der Waals surface area contributed by atoms with Gasteiger partial charge in [0.1, 0.15) is 6.54 Å². The first kappa shape index (κ1) is 17.9. The Morgan fingerprint density at radius 2 is 1.88 bits per heavy atom. The summed E-state index contributed by atoms with van der Waals surface area (Å²) < 4.78 is 4.25. The molecule has 0 aromatic carbocycles. The number of hydrogen-bond acceptors (Lipinski definition) is 4. The van der Waals surface area contributed by atoms with Gasteiger partial charge in [-0.2, -0.15) is 0 Å². The van der Waals surface area contributed by atoms with E-state index in [1.54, 1.807) is 11.6 Å². The normalized spacial score (nSPS) is 15.6. The third-order valence-electron chi connectivity index (χ3n) is 4.91. The number of nitrogens with zero attached hydrogens (tertiary/aromatic N) is 4. The van der Waals surface area contributed by atoms with E-state index in [1.807, 2.05) is 0 Å². The second-order valence-electron chi connectivity index (χ2n) is 6.65. The number of fused-ring (bicyclic) bond motifs is 1. The van der Waals surface area contributed by atoms with E-state index in [9.17, 15) is 14.4 Å². The zero-order valence-corrected chi connectivity index (χ0v) is 16.0. The van der Waals surface area contributed by atoms with Crippen LogP contribution in [0.3, 0.4) is 0 Å². The van der Waals surface area contributed by atoms with Crippen LogP contribution in [-0.2, 0) is 25.4 Å². The number of carbonyl (C=O) groups is 1. The van der Waals surface area contributed by atoms with E-state index < -0.39 is 11.2 Å². The fourth-order valence-corrected chi connectivity index (χ4v) is 3.92. The lowest BCUT2D eigenvalue weighted by Crippen LogP contribution is -2.38. The third kappa shape index (κ3) is 3.42. The van der Waals surface area contributed by atoms with Crippen molar-refractivity contribution in [1.82, 2.24) is 24.0 Å². The van der Waals surface area contributed by atoms with Gasteiger partial charge in [-0.1, -0.05) is 19.3 Å². The van der Waals surface area contributed by atoms with Crippen molar-refractivity contribution in [3.63, 3.8) is 0 Å². The summed E-state index contributed by atoms with van der Waals surface area (Å²) in [6.07, 6.45) is 6.04. The highest BCUT2D eigenvalue weighted by Gasteiger charge is 2.20. The number of nitrogens with one attached hydrogen (secondary N) is 1. The molecule has 0 unspecified atom stereocenters. The molecule has 0 radical (unpaired) electrons. The Bertz CT molecular complexity index is 920. The van der Waals surface area contributed by atoms with Gasteiger partial charge >= 0.3 is 5.69 Å². The van der Waals surface area contributed by atoms with Gasteiger partial charge in [-0.3, -0.25) is 23.3 Å². The molecular weight excluding hydrogens is 390 g/mol. The zero-order chi connectivity index (χ0) is 18.1. The Labute approximate surface area is 153 Å². The molecule has 1 N–H and O–H groups in total. The van der Waals surface area contributed by atoms with E-state index in [4.69, 9.17) is 0 Å². The van der Waals surface area contributed by atoms with Gasteiger partial charge in [0, 0.05) is 20.6 Å². The summed E-state index contributed by atoms with van der Waals surface area (Å²) in [5.41, 5.74) is -0.418. The number of imidazole rings is 1. The molecule has 25 heavy (non-hydrogen) atoms. The van der Waals surface area contributed by atoms with Gasteiger partial charge in [0.25, 0.3) is 5.56 Å². The molecule has 9 heteroatoms. The van der Waals surface area contributed by atoms with Crippen LogP contribution in [0.4, 0.5) is 0 Å². The van der Waals surface area contributed by atoms with Crippen molar-refractivity contribution in [3.8, 4) is 0 Å². The van der Waals surface area contributed by atoms with Gasteiger partial charge in [-0.05, 0) is 34.7 Å². The van der Waals surface area contributed by atoms with Crippen LogP contribution in [0.5, 0.6) is 0 Å².